The summed E-state index contributed by atoms with van der Waals surface area (Å²) in [4.78, 5) is 0. The fraction of sp³-hybridized carbons (Fsp3) is 0.667. The van der Waals surface area contributed by atoms with Gasteiger partial charge in [0.15, 0.2) is 8.32 Å². The minimum absolute atomic E-state index is 0.105. The standard InChI is InChI=1S/C18H28FOSi/c1-18(2,3)21(4,5)20-15-12-10-14(11-13-15)16-8-6-7-9-17(16)19/h6,8-9,14-15H,10-13H2,1-5H3. The van der Waals surface area contributed by atoms with Crippen LogP contribution >= 0.6 is 0 Å². The molecule has 0 heterocycles. The Balaban J connectivity index is 1.94. The maximum absolute atomic E-state index is 13.8. The van der Waals surface area contributed by atoms with Gasteiger partial charge < -0.3 is 4.43 Å². The third kappa shape index (κ3) is 3.95. The van der Waals surface area contributed by atoms with Gasteiger partial charge in [0.2, 0.25) is 0 Å². The van der Waals surface area contributed by atoms with Gasteiger partial charge in [-0.15, -0.1) is 0 Å². The molecule has 0 atom stereocenters. The molecule has 1 nitrogen and oxygen atoms in total. The Morgan fingerprint density at radius 3 is 2.33 bits per heavy atom. The molecule has 0 N–H and O–H groups in total. The molecule has 1 aliphatic carbocycles. The minimum Gasteiger partial charge on any atom is -0.414 e. The van der Waals surface area contributed by atoms with Gasteiger partial charge in [-0.25, -0.2) is 4.39 Å². The highest BCUT2D eigenvalue weighted by Gasteiger charge is 2.39. The van der Waals surface area contributed by atoms with Crippen LogP contribution in [0.15, 0.2) is 18.2 Å². The topological polar surface area (TPSA) is 9.23 Å². The molecule has 0 aliphatic heterocycles. The van der Waals surface area contributed by atoms with Gasteiger partial charge in [0.1, 0.15) is 5.82 Å². The van der Waals surface area contributed by atoms with Gasteiger partial charge in [-0.2, -0.15) is 0 Å². The Hall–Kier alpha value is -0.673. The van der Waals surface area contributed by atoms with Crippen LogP contribution < -0.4 is 0 Å². The third-order valence-electron chi connectivity index (χ3n) is 5.23. The summed E-state index contributed by atoms with van der Waals surface area (Å²) in [5.41, 5.74) is 0.861. The van der Waals surface area contributed by atoms with Crippen molar-refractivity contribution in [3.05, 3.63) is 35.6 Å². The van der Waals surface area contributed by atoms with Gasteiger partial charge >= 0.3 is 0 Å². The number of benzene rings is 1. The number of rotatable bonds is 3. The van der Waals surface area contributed by atoms with Gasteiger partial charge in [0.05, 0.1) is 0 Å². The summed E-state index contributed by atoms with van der Waals surface area (Å²) in [6, 6.07) is 7.95. The van der Waals surface area contributed by atoms with Gasteiger partial charge in [0.25, 0.3) is 0 Å². The zero-order valence-corrected chi connectivity index (χ0v) is 15.0. The molecular formula is C18H28FOSi. The van der Waals surface area contributed by atoms with Crippen molar-refractivity contribution in [3.8, 4) is 0 Å². The first-order chi connectivity index (χ1) is 9.71. The Labute approximate surface area is 130 Å². The molecule has 0 saturated heterocycles. The van der Waals surface area contributed by atoms with Crippen LogP contribution in [-0.2, 0) is 4.43 Å². The predicted octanol–water partition coefficient (Wildman–Crippen LogP) is 5.67. The molecule has 0 unspecified atom stereocenters. The van der Waals surface area contributed by atoms with E-state index in [0.717, 1.165) is 31.2 Å². The maximum atomic E-state index is 13.8. The van der Waals surface area contributed by atoms with Crippen molar-refractivity contribution in [2.75, 3.05) is 0 Å². The van der Waals surface area contributed by atoms with Crippen molar-refractivity contribution in [1.82, 2.24) is 0 Å². The summed E-state index contributed by atoms with van der Waals surface area (Å²) >= 11 is 0. The summed E-state index contributed by atoms with van der Waals surface area (Å²) in [5.74, 6) is 0.241. The second-order valence-corrected chi connectivity index (χ2v) is 12.6. The maximum Gasteiger partial charge on any atom is 0.192 e. The van der Waals surface area contributed by atoms with E-state index in [1.165, 1.54) is 6.07 Å². The van der Waals surface area contributed by atoms with Crippen LogP contribution in [0.4, 0.5) is 4.39 Å². The molecule has 1 fully saturated rings. The summed E-state index contributed by atoms with van der Waals surface area (Å²) in [6.07, 6.45) is 4.52. The molecule has 0 amide bonds. The zero-order chi connectivity index (χ0) is 15.7. The molecule has 1 aliphatic rings. The lowest BCUT2D eigenvalue weighted by Crippen LogP contribution is -2.44. The van der Waals surface area contributed by atoms with Crippen molar-refractivity contribution < 1.29 is 8.82 Å². The zero-order valence-electron chi connectivity index (χ0n) is 14.0. The molecule has 0 aromatic heterocycles. The van der Waals surface area contributed by atoms with Gasteiger partial charge in [-0.1, -0.05) is 32.9 Å². The molecule has 2 rings (SSSR count). The van der Waals surface area contributed by atoms with E-state index in [9.17, 15) is 4.39 Å². The van der Waals surface area contributed by atoms with E-state index >= 15 is 0 Å². The van der Waals surface area contributed by atoms with E-state index in [1.807, 2.05) is 12.1 Å². The van der Waals surface area contributed by atoms with Crippen LogP contribution in [0.5, 0.6) is 0 Å². The van der Waals surface area contributed by atoms with Crippen molar-refractivity contribution in [1.29, 1.82) is 0 Å². The average Bonchev–Trinajstić information content (AvgIpc) is 2.39. The van der Waals surface area contributed by atoms with E-state index in [0.29, 0.717) is 12.0 Å². The fourth-order valence-electron chi connectivity index (χ4n) is 2.84. The second kappa shape index (κ2) is 6.21. The molecule has 3 heteroatoms. The number of hydrogen-bond donors (Lipinski definition) is 0. The second-order valence-electron chi connectivity index (χ2n) is 7.80. The lowest BCUT2D eigenvalue weighted by Gasteiger charge is -2.41. The highest BCUT2D eigenvalue weighted by atomic mass is 28.4. The number of halogens is 1. The Morgan fingerprint density at radius 2 is 1.81 bits per heavy atom. The molecule has 21 heavy (non-hydrogen) atoms. The third-order valence-corrected chi connectivity index (χ3v) is 9.76. The lowest BCUT2D eigenvalue weighted by molar-refractivity contribution is 0.129. The lowest BCUT2D eigenvalue weighted by atomic mass is 9.82. The summed E-state index contributed by atoms with van der Waals surface area (Å²) in [7, 11) is -1.68. The average molecular weight is 308 g/mol. The fourth-order valence-corrected chi connectivity index (χ4v) is 4.26. The van der Waals surface area contributed by atoms with Gasteiger partial charge in [-0.3, -0.25) is 0 Å². The normalized spacial score (nSPS) is 24.1. The van der Waals surface area contributed by atoms with Crippen molar-refractivity contribution >= 4 is 8.32 Å². The van der Waals surface area contributed by atoms with Crippen LogP contribution in [-0.4, -0.2) is 14.4 Å². The monoisotopic (exact) mass is 307 g/mol. The molecule has 1 radical (unpaired) electrons. The van der Waals surface area contributed by atoms with Crippen LogP contribution in [0.2, 0.25) is 18.1 Å². The molecule has 1 aromatic rings. The van der Waals surface area contributed by atoms with E-state index < -0.39 is 8.32 Å². The van der Waals surface area contributed by atoms with E-state index in [1.54, 1.807) is 0 Å². The molecule has 117 valence electrons. The van der Waals surface area contributed by atoms with Crippen LogP contribution in [0, 0.1) is 11.9 Å². The van der Waals surface area contributed by atoms with Gasteiger partial charge in [-0.05, 0) is 67.4 Å². The highest BCUT2D eigenvalue weighted by molar-refractivity contribution is 6.74. The van der Waals surface area contributed by atoms with Crippen molar-refractivity contribution in [2.45, 2.75) is 76.6 Å². The SMILES string of the molecule is CC(C)(C)[Si](C)(C)OC1CCC(c2cc[c]cc2F)CC1. The Kier molecular flexibility index (Phi) is 4.94. The van der Waals surface area contributed by atoms with E-state index in [4.69, 9.17) is 4.43 Å². The minimum atomic E-state index is -1.68. The van der Waals surface area contributed by atoms with E-state index in [-0.39, 0.29) is 10.9 Å². The Bertz CT molecular complexity index is 470. The summed E-state index contributed by atoms with van der Waals surface area (Å²) in [5, 5.41) is 0.255. The number of hydrogen-bond acceptors (Lipinski definition) is 1. The first-order valence-corrected chi connectivity index (χ1v) is 10.9. The largest absolute Gasteiger partial charge is 0.414 e. The van der Waals surface area contributed by atoms with Crippen LogP contribution in [0.25, 0.3) is 0 Å². The molecule has 0 spiro atoms. The quantitative estimate of drug-likeness (QED) is 0.653. The predicted molar refractivity (Wildman–Crippen MR) is 88.5 cm³/mol. The molecule has 1 saturated carbocycles. The smallest absolute Gasteiger partial charge is 0.192 e. The van der Waals surface area contributed by atoms with Crippen LogP contribution in [0.1, 0.15) is 57.9 Å². The summed E-state index contributed by atoms with van der Waals surface area (Å²) in [6.45, 7) is 11.5. The first kappa shape index (κ1) is 16.7. The Morgan fingerprint density at radius 1 is 1.19 bits per heavy atom. The van der Waals surface area contributed by atoms with Crippen molar-refractivity contribution in [3.63, 3.8) is 0 Å². The molecule has 0 bridgehead atoms. The van der Waals surface area contributed by atoms with Crippen molar-refractivity contribution in [2.24, 2.45) is 0 Å². The first-order valence-electron chi connectivity index (χ1n) is 8.04. The highest BCUT2D eigenvalue weighted by Crippen LogP contribution is 2.41. The van der Waals surface area contributed by atoms with Crippen LogP contribution in [0.3, 0.4) is 0 Å². The van der Waals surface area contributed by atoms with Gasteiger partial charge in [0, 0.05) is 6.10 Å². The summed E-state index contributed by atoms with van der Waals surface area (Å²) < 4.78 is 20.3. The molecular weight excluding hydrogens is 279 g/mol. The van der Waals surface area contributed by atoms with E-state index in [2.05, 4.69) is 39.9 Å². The molecule has 1 aromatic carbocycles.